The number of anilines is 1. The van der Waals surface area contributed by atoms with Gasteiger partial charge in [-0.1, -0.05) is 13.0 Å². The van der Waals surface area contributed by atoms with Crippen molar-refractivity contribution in [3.8, 4) is 0 Å². The summed E-state index contributed by atoms with van der Waals surface area (Å²) >= 11 is 0. The Labute approximate surface area is 188 Å². The summed E-state index contributed by atoms with van der Waals surface area (Å²) in [6.45, 7) is 5.14. The molecule has 32 heavy (non-hydrogen) atoms. The molecule has 2 amide bonds. The predicted molar refractivity (Wildman–Crippen MR) is 120 cm³/mol. The van der Waals surface area contributed by atoms with Gasteiger partial charge in [0.25, 0.3) is 15.9 Å². The number of carbonyl (C=O) groups excluding carboxylic acids is 2. The molecule has 2 N–H and O–H groups in total. The van der Waals surface area contributed by atoms with Gasteiger partial charge < -0.3 is 10.2 Å². The maximum Gasteiger partial charge on any atom is 0.261 e. The second-order valence-electron chi connectivity index (χ2n) is 7.97. The average Bonchev–Trinajstić information content (AvgIpc) is 2.78. The van der Waals surface area contributed by atoms with E-state index >= 15 is 0 Å². The van der Waals surface area contributed by atoms with Crippen molar-refractivity contribution in [2.45, 2.75) is 38.0 Å². The second-order valence-corrected chi connectivity index (χ2v) is 9.65. The maximum absolute atomic E-state index is 13.2. The number of likely N-dealkylation sites (tertiary alicyclic amines) is 1. The van der Waals surface area contributed by atoms with Gasteiger partial charge in [-0.2, -0.15) is 0 Å². The summed E-state index contributed by atoms with van der Waals surface area (Å²) < 4.78 is 41.1. The molecule has 0 aliphatic carbocycles. The van der Waals surface area contributed by atoms with Crippen LogP contribution in [0, 0.1) is 18.7 Å². The Bertz CT molecular complexity index is 1090. The van der Waals surface area contributed by atoms with E-state index in [-0.39, 0.29) is 33.9 Å². The summed E-state index contributed by atoms with van der Waals surface area (Å²) in [5, 5.41) is 2.88. The monoisotopic (exact) mass is 461 g/mol. The normalized spacial score (nSPS) is 16.5. The van der Waals surface area contributed by atoms with Crippen LogP contribution in [0.2, 0.25) is 0 Å². The highest BCUT2D eigenvalue weighted by Gasteiger charge is 2.30. The number of nitrogens with zero attached hydrogens (tertiary/aromatic N) is 1. The molecule has 1 saturated heterocycles. The molecule has 0 saturated carbocycles. The minimum absolute atomic E-state index is 0.0547. The SMILES string of the molecule is CCCNC(=O)C1CCCN(C(=O)c2cc(S(=O)(=O)Nc3ccc(F)cc3)ccc2C)C1. The first kappa shape index (κ1) is 23.7. The molecule has 0 aromatic heterocycles. The Morgan fingerprint density at radius 3 is 2.56 bits per heavy atom. The van der Waals surface area contributed by atoms with Crippen LogP contribution in [0.3, 0.4) is 0 Å². The van der Waals surface area contributed by atoms with Gasteiger partial charge in [0.2, 0.25) is 5.91 Å². The topological polar surface area (TPSA) is 95.6 Å². The second kappa shape index (κ2) is 10.1. The molecule has 1 fully saturated rings. The number of aryl methyl sites for hydroxylation is 1. The zero-order valence-corrected chi connectivity index (χ0v) is 19.0. The first-order valence-electron chi connectivity index (χ1n) is 10.7. The lowest BCUT2D eigenvalue weighted by Crippen LogP contribution is -2.45. The van der Waals surface area contributed by atoms with E-state index in [9.17, 15) is 22.4 Å². The fraction of sp³-hybridized carbons (Fsp3) is 0.391. The Morgan fingerprint density at radius 1 is 1.16 bits per heavy atom. The molecule has 172 valence electrons. The summed E-state index contributed by atoms with van der Waals surface area (Å²) in [4.78, 5) is 27.1. The largest absolute Gasteiger partial charge is 0.356 e. The number of benzene rings is 2. The van der Waals surface area contributed by atoms with Crippen molar-refractivity contribution in [1.82, 2.24) is 10.2 Å². The van der Waals surface area contributed by atoms with E-state index in [1.165, 1.54) is 24.3 Å². The highest BCUT2D eigenvalue weighted by atomic mass is 32.2. The van der Waals surface area contributed by atoms with Crippen LogP contribution in [0.5, 0.6) is 0 Å². The Morgan fingerprint density at radius 2 is 1.88 bits per heavy atom. The van der Waals surface area contributed by atoms with Crippen molar-refractivity contribution in [3.63, 3.8) is 0 Å². The van der Waals surface area contributed by atoms with Gasteiger partial charge in [-0.25, -0.2) is 12.8 Å². The number of rotatable bonds is 7. The van der Waals surface area contributed by atoms with Crippen LogP contribution in [0.4, 0.5) is 10.1 Å². The molecule has 2 aromatic carbocycles. The van der Waals surface area contributed by atoms with Crippen LogP contribution >= 0.6 is 0 Å². The van der Waals surface area contributed by atoms with E-state index in [4.69, 9.17) is 0 Å². The molecule has 1 aliphatic rings. The fourth-order valence-electron chi connectivity index (χ4n) is 3.67. The minimum Gasteiger partial charge on any atom is -0.356 e. The number of halogens is 1. The third kappa shape index (κ3) is 5.64. The Balaban J connectivity index is 1.79. The van der Waals surface area contributed by atoms with Gasteiger partial charge in [0.1, 0.15) is 5.82 Å². The van der Waals surface area contributed by atoms with E-state index < -0.39 is 15.8 Å². The first-order valence-corrected chi connectivity index (χ1v) is 12.2. The number of hydrogen-bond donors (Lipinski definition) is 2. The van der Waals surface area contributed by atoms with Crippen molar-refractivity contribution in [2.75, 3.05) is 24.4 Å². The number of nitrogens with one attached hydrogen (secondary N) is 2. The van der Waals surface area contributed by atoms with E-state index in [1.807, 2.05) is 6.92 Å². The quantitative estimate of drug-likeness (QED) is 0.661. The average molecular weight is 462 g/mol. The van der Waals surface area contributed by atoms with Crippen molar-refractivity contribution in [2.24, 2.45) is 5.92 Å². The van der Waals surface area contributed by atoms with E-state index in [2.05, 4.69) is 10.0 Å². The molecule has 0 bridgehead atoms. The van der Waals surface area contributed by atoms with Crippen molar-refractivity contribution >= 4 is 27.5 Å². The molecule has 1 atom stereocenters. The van der Waals surface area contributed by atoms with Gasteiger partial charge in [0.15, 0.2) is 0 Å². The van der Waals surface area contributed by atoms with E-state index in [0.29, 0.717) is 38.0 Å². The number of carbonyl (C=O) groups is 2. The van der Waals surface area contributed by atoms with Crippen molar-refractivity contribution in [3.05, 3.63) is 59.4 Å². The molecule has 2 aromatic rings. The van der Waals surface area contributed by atoms with Gasteiger partial charge in [-0.05, 0) is 68.1 Å². The van der Waals surface area contributed by atoms with Gasteiger partial charge in [0, 0.05) is 30.9 Å². The zero-order valence-electron chi connectivity index (χ0n) is 18.2. The number of piperidine rings is 1. The summed E-state index contributed by atoms with van der Waals surface area (Å²) in [7, 11) is -3.97. The van der Waals surface area contributed by atoms with Gasteiger partial charge in [-0.3, -0.25) is 14.3 Å². The Kier molecular flexibility index (Phi) is 7.50. The van der Waals surface area contributed by atoms with Crippen LogP contribution in [0.15, 0.2) is 47.4 Å². The first-order chi connectivity index (χ1) is 15.2. The fourth-order valence-corrected chi connectivity index (χ4v) is 4.75. The molecule has 9 heteroatoms. The highest BCUT2D eigenvalue weighted by molar-refractivity contribution is 7.92. The standard InChI is InChI=1S/C23H28FN3O4S/c1-3-12-25-22(28)17-5-4-13-27(15-17)23(29)21-14-20(11-6-16(21)2)32(30,31)26-19-9-7-18(24)8-10-19/h6-11,14,17,26H,3-5,12-13,15H2,1-2H3,(H,25,28). The molecule has 0 radical (unpaired) electrons. The van der Waals surface area contributed by atoms with Crippen LogP contribution in [0.25, 0.3) is 0 Å². The summed E-state index contributed by atoms with van der Waals surface area (Å²) in [6.07, 6.45) is 2.26. The van der Waals surface area contributed by atoms with Gasteiger partial charge in [0.05, 0.1) is 10.8 Å². The molecule has 3 rings (SSSR count). The summed E-state index contributed by atoms with van der Waals surface area (Å²) in [6, 6.07) is 9.33. The minimum atomic E-state index is -3.97. The van der Waals surface area contributed by atoms with E-state index in [0.717, 1.165) is 18.6 Å². The lowest BCUT2D eigenvalue weighted by atomic mass is 9.96. The predicted octanol–water partition coefficient (Wildman–Crippen LogP) is 3.31. The third-order valence-electron chi connectivity index (χ3n) is 5.47. The van der Waals surface area contributed by atoms with Crippen LogP contribution in [0.1, 0.15) is 42.1 Å². The molecular formula is C23H28FN3O4S. The smallest absolute Gasteiger partial charge is 0.261 e. The third-order valence-corrected chi connectivity index (χ3v) is 6.85. The number of hydrogen-bond acceptors (Lipinski definition) is 4. The lowest BCUT2D eigenvalue weighted by Gasteiger charge is -2.32. The lowest BCUT2D eigenvalue weighted by molar-refractivity contribution is -0.126. The number of amides is 2. The van der Waals surface area contributed by atoms with Crippen molar-refractivity contribution in [1.29, 1.82) is 0 Å². The summed E-state index contributed by atoms with van der Waals surface area (Å²) in [5.41, 5.74) is 1.15. The van der Waals surface area contributed by atoms with E-state index in [1.54, 1.807) is 17.9 Å². The van der Waals surface area contributed by atoms with Crippen LogP contribution in [-0.2, 0) is 14.8 Å². The molecule has 1 aliphatic heterocycles. The molecule has 1 heterocycles. The molecule has 1 unspecified atom stereocenters. The van der Waals surface area contributed by atoms with Crippen LogP contribution < -0.4 is 10.0 Å². The molecule has 7 nitrogen and oxygen atoms in total. The highest BCUT2D eigenvalue weighted by Crippen LogP contribution is 2.23. The molecular weight excluding hydrogens is 433 g/mol. The van der Waals surface area contributed by atoms with Gasteiger partial charge in [-0.15, -0.1) is 0 Å². The van der Waals surface area contributed by atoms with Gasteiger partial charge >= 0.3 is 0 Å². The zero-order chi connectivity index (χ0) is 23.3. The maximum atomic E-state index is 13.2. The Hall–Kier alpha value is -2.94. The summed E-state index contributed by atoms with van der Waals surface area (Å²) in [5.74, 6) is -1.10. The molecule has 0 spiro atoms. The van der Waals surface area contributed by atoms with Crippen molar-refractivity contribution < 1.29 is 22.4 Å². The number of sulfonamides is 1. The van der Waals surface area contributed by atoms with Crippen LogP contribution in [-0.4, -0.2) is 44.8 Å².